The SMILES string of the molecule is [CH2]CCCCCC/C=C/C(C)C. The van der Waals surface area contributed by atoms with Crippen molar-refractivity contribution in [1.29, 1.82) is 0 Å². The van der Waals surface area contributed by atoms with Crippen LogP contribution < -0.4 is 0 Å². The molecular formula is C12H23. The van der Waals surface area contributed by atoms with E-state index < -0.39 is 0 Å². The summed E-state index contributed by atoms with van der Waals surface area (Å²) in [6.07, 6.45) is 12.3. The van der Waals surface area contributed by atoms with E-state index in [1.807, 2.05) is 0 Å². The van der Waals surface area contributed by atoms with E-state index in [0.717, 1.165) is 6.42 Å². The molecule has 0 nitrogen and oxygen atoms in total. The number of allylic oxidation sites excluding steroid dienone is 2. The first-order chi connectivity index (χ1) is 5.77. The molecule has 0 fully saturated rings. The van der Waals surface area contributed by atoms with E-state index in [1.54, 1.807) is 0 Å². The van der Waals surface area contributed by atoms with Crippen molar-refractivity contribution < 1.29 is 0 Å². The van der Waals surface area contributed by atoms with Crippen LogP contribution in [0, 0.1) is 12.8 Å². The Hall–Kier alpha value is -0.260. The van der Waals surface area contributed by atoms with Gasteiger partial charge in [0, 0.05) is 0 Å². The van der Waals surface area contributed by atoms with Gasteiger partial charge in [0.15, 0.2) is 0 Å². The van der Waals surface area contributed by atoms with Gasteiger partial charge in [-0.05, 0) is 18.8 Å². The van der Waals surface area contributed by atoms with Crippen molar-refractivity contribution in [2.45, 2.75) is 52.4 Å². The van der Waals surface area contributed by atoms with Crippen LogP contribution >= 0.6 is 0 Å². The lowest BCUT2D eigenvalue weighted by Gasteiger charge is -1.97. The summed E-state index contributed by atoms with van der Waals surface area (Å²) in [5.74, 6) is 0.713. The molecule has 1 radical (unpaired) electrons. The Morgan fingerprint density at radius 3 is 2.33 bits per heavy atom. The molecule has 0 unspecified atom stereocenters. The third-order valence-corrected chi connectivity index (χ3v) is 1.89. The molecule has 0 aromatic carbocycles. The zero-order valence-corrected chi connectivity index (χ0v) is 8.68. The van der Waals surface area contributed by atoms with E-state index in [4.69, 9.17) is 0 Å². The third-order valence-electron chi connectivity index (χ3n) is 1.89. The first kappa shape index (κ1) is 11.7. The van der Waals surface area contributed by atoms with Crippen LogP contribution in [0.3, 0.4) is 0 Å². The Morgan fingerprint density at radius 1 is 1.08 bits per heavy atom. The Balaban J connectivity index is 3.00. The molecule has 0 saturated heterocycles. The number of hydrogen-bond donors (Lipinski definition) is 0. The standard InChI is InChI=1S/C12H23/c1-4-5-6-7-8-9-10-11-12(2)3/h10-12H,1,4-9H2,2-3H3/b11-10+. The molecule has 0 aliphatic carbocycles. The minimum absolute atomic E-state index is 0.713. The Morgan fingerprint density at radius 2 is 1.75 bits per heavy atom. The molecule has 0 saturated carbocycles. The summed E-state index contributed by atoms with van der Waals surface area (Å²) in [7, 11) is 0. The van der Waals surface area contributed by atoms with Gasteiger partial charge in [-0.25, -0.2) is 0 Å². The molecule has 0 heterocycles. The number of rotatable bonds is 7. The quantitative estimate of drug-likeness (QED) is 0.390. The monoisotopic (exact) mass is 167 g/mol. The van der Waals surface area contributed by atoms with Crippen LogP contribution in [0.1, 0.15) is 52.4 Å². The zero-order chi connectivity index (χ0) is 9.23. The van der Waals surface area contributed by atoms with E-state index in [9.17, 15) is 0 Å². The summed E-state index contributed by atoms with van der Waals surface area (Å²) in [6, 6.07) is 0. The maximum absolute atomic E-state index is 3.83. The van der Waals surface area contributed by atoms with Gasteiger partial charge < -0.3 is 0 Å². The van der Waals surface area contributed by atoms with E-state index >= 15 is 0 Å². The topological polar surface area (TPSA) is 0 Å². The molecule has 0 aliphatic heterocycles. The predicted octanol–water partition coefficient (Wildman–Crippen LogP) is 4.37. The second-order valence-electron chi connectivity index (χ2n) is 3.73. The fourth-order valence-electron chi connectivity index (χ4n) is 1.16. The summed E-state index contributed by atoms with van der Waals surface area (Å²) < 4.78 is 0. The highest BCUT2D eigenvalue weighted by Crippen LogP contribution is 2.06. The Labute approximate surface area is 78.1 Å². The van der Waals surface area contributed by atoms with E-state index in [2.05, 4.69) is 32.9 Å². The summed E-state index contributed by atoms with van der Waals surface area (Å²) in [6.45, 7) is 8.27. The van der Waals surface area contributed by atoms with Crippen LogP contribution in [-0.4, -0.2) is 0 Å². The molecule has 0 amide bonds. The van der Waals surface area contributed by atoms with Crippen LogP contribution in [0.25, 0.3) is 0 Å². The van der Waals surface area contributed by atoms with Crippen molar-refractivity contribution in [2.24, 2.45) is 5.92 Å². The molecule has 0 aromatic heterocycles. The molecule has 0 heteroatoms. The molecule has 71 valence electrons. The summed E-state index contributed by atoms with van der Waals surface area (Å²) in [4.78, 5) is 0. The van der Waals surface area contributed by atoms with Gasteiger partial charge in [0.25, 0.3) is 0 Å². The largest absolute Gasteiger partial charge is 0.0883 e. The summed E-state index contributed by atoms with van der Waals surface area (Å²) in [5, 5.41) is 0. The first-order valence-corrected chi connectivity index (χ1v) is 5.23. The van der Waals surface area contributed by atoms with Gasteiger partial charge >= 0.3 is 0 Å². The van der Waals surface area contributed by atoms with Crippen LogP contribution in [-0.2, 0) is 0 Å². The third kappa shape index (κ3) is 9.74. The van der Waals surface area contributed by atoms with E-state index in [-0.39, 0.29) is 0 Å². The van der Waals surface area contributed by atoms with Gasteiger partial charge in [-0.15, -0.1) is 0 Å². The predicted molar refractivity (Wildman–Crippen MR) is 57.0 cm³/mol. The molecule has 0 aliphatic rings. The second-order valence-corrected chi connectivity index (χ2v) is 3.73. The maximum Gasteiger partial charge on any atom is -0.0290 e. The van der Waals surface area contributed by atoms with E-state index in [1.165, 1.54) is 32.1 Å². The lowest BCUT2D eigenvalue weighted by atomic mass is 10.1. The molecule has 0 atom stereocenters. The van der Waals surface area contributed by atoms with Gasteiger partial charge in [0.1, 0.15) is 0 Å². The van der Waals surface area contributed by atoms with Gasteiger partial charge in [0.2, 0.25) is 0 Å². The number of unbranched alkanes of at least 4 members (excludes halogenated alkanes) is 5. The maximum atomic E-state index is 3.83. The van der Waals surface area contributed by atoms with Crippen molar-refractivity contribution in [3.05, 3.63) is 19.1 Å². The Bertz CT molecular complexity index is 101. The first-order valence-electron chi connectivity index (χ1n) is 5.23. The van der Waals surface area contributed by atoms with Gasteiger partial charge in [-0.3, -0.25) is 0 Å². The van der Waals surface area contributed by atoms with Gasteiger partial charge in [-0.1, -0.05) is 58.6 Å². The highest BCUT2D eigenvalue weighted by molar-refractivity contribution is 4.83. The molecule has 0 spiro atoms. The van der Waals surface area contributed by atoms with E-state index in [0.29, 0.717) is 5.92 Å². The number of hydrogen-bond acceptors (Lipinski definition) is 0. The fourth-order valence-corrected chi connectivity index (χ4v) is 1.16. The minimum Gasteiger partial charge on any atom is -0.0883 e. The van der Waals surface area contributed by atoms with Crippen molar-refractivity contribution in [2.75, 3.05) is 0 Å². The van der Waals surface area contributed by atoms with Crippen LogP contribution in [0.2, 0.25) is 0 Å². The second kappa shape index (κ2) is 8.83. The lowest BCUT2D eigenvalue weighted by molar-refractivity contribution is 0.650. The molecule has 12 heavy (non-hydrogen) atoms. The van der Waals surface area contributed by atoms with Crippen LogP contribution in [0.15, 0.2) is 12.2 Å². The normalized spacial score (nSPS) is 11.7. The van der Waals surface area contributed by atoms with Crippen LogP contribution in [0.5, 0.6) is 0 Å². The average Bonchev–Trinajstić information content (AvgIpc) is 2.02. The van der Waals surface area contributed by atoms with Crippen molar-refractivity contribution in [3.63, 3.8) is 0 Å². The highest BCUT2D eigenvalue weighted by atomic mass is 13.9. The molecule has 0 bridgehead atoms. The molecule has 0 N–H and O–H groups in total. The zero-order valence-electron chi connectivity index (χ0n) is 8.68. The van der Waals surface area contributed by atoms with Crippen molar-refractivity contribution >= 4 is 0 Å². The molecule has 0 rings (SSSR count). The van der Waals surface area contributed by atoms with Crippen molar-refractivity contribution in [1.82, 2.24) is 0 Å². The smallest absolute Gasteiger partial charge is 0.0290 e. The van der Waals surface area contributed by atoms with Gasteiger partial charge in [-0.2, -0.15) is 0 Å². The lowest BCUT2D eigenvalue weighted by Crippen LogP contribution is -1.79. The Kier molecular flexibility index (Phi) is 8.64. The minimum atomic E-state index is 0.713. The van der Waals surface area contributed by atoms with Crippen molar-refractivity contribution in [3.8, 4) is 0 Å². The van der Waals surface area contributed by atoms with Crippen LogP contribution in [0.4, 0.5) is 0 Å². The molecular weight excluding hydrogens is 144 g/mol. The molecule has 0 aromatic rings. The average molecular weight is 167 g/mol. The summed E-state index contributed by atoms with van der Waals surface area (Å²) in [5.41, 5.74) is 0. The fraction of sp³-hybridized carbons (Fsp3) is 0.750. The summed E-state index contributed by atoms with van der Waals surface area (Å²) >= 11 is 0. The van der Waals surface area contributed by atoms with Gasteiger partial charge in [0.05, 0.1) is 0 Å². The highest BCUT2D eigenvalue weighted by Gasteiger charge is 1.87.